The van der Waals surface area contributed by atoms with Crippen LogP contribution in [0.1, 0.15) is 25.6 Å². The fourth-order valence-electron chi connectivity index (χ4n) is 1.66. The molecule has 0 aliphatic carbocycles. The molecule has 0 saturated carbocycles. The molecule has 1 rings (SSSR count). The summed E-state index contributed by atoms with van der Waals surface area (Å²) in [5.74, 6) is 0.575. The van der Waals surface area contributed by atoms with E-state index in [4.69, 9.17) is 10.5 Å². The van der Waals surface area contributed by atoms with E-state index < -0.39 is 6.10 Å². The molecule has 0 aliphatic heterocycles. The second-order valence-corrected chi connectivity index (χ2v) is 4.04. The molecule has 5 heteroatoms. The number of ether oxygens (including phenoxy) is 1. The molecule has 1 heterocycles. The molecule has 0 amide bonds. The van der Waals surface area contributed by atoms with Gasteiger partial charge in [0, 0.05) is 18.3 Å². The van der Waals surface area contributed by atoms with E-state index in [1.54, 1.807) is 0 Å². The first-order valence-corrected chi connectivity index (χ1v) is 5.34. The van der Waals surface area contributed by atoms with Gasteiger partial charge in [0.25, 0.3) is 0 Å². The Morgan fingerprint density at radius 3 is 2.50 bits per heavy atom. The summed E-state index contributed by atoms with van der Waals surface area (Å²) in [5, 5.41) is 10.2. The summed E-state index contributed by atoms with van der Waals surface area (Å²) in [6, 6.07) is 0. The van der Waals surface area contributed by atoms with E-state index >= 15 is 0 Å². The highest BCUT2D eigenvalue weighted by molar-refractivity contribution is 5.20. The fourth-order valence-corrected chi connectivity index (χ4v) is 1.66. The minimum absolute atomic E-state index is 0.0504. The molecule has 0 fully saturated rings. The van der Waals surface area contributed by atoms with Gasteiger partial charge in [-0.1, -0.05) is 13.8 Å². The Labute approximate surface area is 95.7 Å². The highest BCUT2D eigenvalue weighted by Gasteiger charge is 2.26. The first-order valence-electron chi connectivity index (χ1n) is 5.34. The first-order chi connectivity index (χ1) is 7.61. The molecule has 16 heavy (non-hydrogen) atoms. The zero-order valence-corrected chi connectivity index (χ0v) is 9.92. The maximum atomic E-state index is 10.2. The molecule has 90 valence electrons. The van der Waals surface area contributed by atoms with Gasteiger partial charge in [0.15, 0.2) is 0 Å². The number of nitrogens with two attached hydrogens (primary N) is 1. The van der Waals surface area contributed by atoms with Gasteiger partial charge in [0.05, 0.1) is 7.11 Å². The number of aromatic nitrogens is 2. The number of nitrogens with zero attached hydrogens (tertiary/aromatic N) is 2. The average molecular weight is 225 g/mol. The number of rotatable bonds is 5. The second kappa shape index (κ2) is 5.77. The standard InChI is InChI=1S/C11H19N3O2/c1-7(2)8(6-12)10(15)9-11(16-3)14-5-4-13-9/h4-5,7-8,10,15H,6,12H2,1-3H3. The van der Waals surface area contributed by atoms with Crippen LogP contribution in [0.4, 0.5) is 0 Å². The zero-order valence-electron chi connectivity index (χ0n) is 9.92. The van der Waals surface area contributed by atoms with Gasteiger partial charge in [-0.2, -0.15) is 0 Å². The number of aliphatic hydroxyl groups excluding tert-OH is 1. The average Bonchev–Trinajstić information content (AvgIpc) is 2.29. The van der Waals surface area contributed by atoms with E-state index in [0.717, 1.165) is 0 Å². The van der Waals surface area contributed by atoms with Crippen LogP contribution in [-0.2, 0) is 0 Å². The lowest BCUT2D eigenvalue weighted by Crippen LogP contribution is -2.27. The number of aliphatic hydroxyl groups is 1. The van der Waals surface area contributed by atoms with Crippen molar-refractivity contribution in [2.45, 2.75) is 20.0 Å². The molecule has 0 aliphatic rings. The van der Waals surface area contributed by atoms with Crippen molar-refractivity contribution < 1.29 is 9.84 Å². The van der Waals surface area contributed by atoms with Crippen LogP contribution < -0.4 is 10.5 Å². The Morgan fingerprint density at radius 1 is 1.38 bits per heavy atom. The summed E-state index contributed by atoms with van der Waals surface area (Å²) < 4.78 is 5.07. The lowest BCUT2D eigenvalue weighted by atomic mass is 9.88. The van der Waals surface area contributed by atoms with Gasteiger partial charge in [0.1, 0.15) is 11.8 Å². The molecule has 2 unspecified atom stereocenters. The number of hydrogen-bond acceptors (Lipinski definition) is 5. The van der Waals surface area contributed by atoms with Crippen molar-refractivity contribution in [3.05, 3.63) is 18.1 Å². The Morgan fingerprint density at radius 2 is 2.00 bits per heavy atom. The van der Waals surface area contributed by atoms with Crippen LogP contribution in [0.15, 0.2) is 12.4 Å². The normalized spacial score (nSPS) is 14.9. The van der Waals surface area contributed by atoms with Gasteiger partial charge in [-0.3, -0.25) is 4.98 Å². The third-order valence-electron chi connectivity index (χ3n) is 2.70. The zero-order chi connectivity index (χ0) is 12.1. The van der Waals surface area contributed by atoms with E-state index in [-0.39, 0.29) is 11.8 Å². The van der Waals surface area contributed by atoms with Gasteiger partial charge in [-0.05, 0) is 12.5 Å². The summed E-state index contributed by atoms with van der Waals surface area (Å²) in [5.41, 5.74) is 6.11. The van der Waals surface area contributed by atoms with Crippen LogP contribution >= 0.6 is 0 Å². The van der Waals surface area contributed by atoms with Crippen LogP contribution in [0.25, 0.3) is 0 Å². The summed E-state index contributed by atoms with van der Waals surface area (Å²) in [6.07, 6.45) is 2.32. The molecule has 1 aromatic rings. The van der Waals surface area contributed by atoms with Gasteiger partial charge < -0.3 is 15.6 Å². The summed E-state index contributed by atoms with van der Waals surface area (Å²) >= 11 is 0. The first kappa shape index (κ1) is 12.9. The van der Waals surface area contributed by atoms with E-state index in [1.807, 2.05) is 13.8 Å². The predicted octanol–water partition coefficient (Wildman–Crippen LogP) is 0.749. The molecule has 0 saturated heterocycles. The van der Waals surface area contributed by atoms with E-state index in [1.165, 1.54) is 19.5 Å². The predicted molar refractivity (Wildman–Crippen MR) is 60.9 cm³/mol. The number of methoxy groups -OCH3 is 1. The molecule has 0 radical (unpaired) electrons. The van der Waals surface area contributed by atoms with Crippen molar-refractivity contribution in [1.29, 1.82) is 0 Å². The van der Waals surface area contributed by atoms with E-state index in [9.17, 15) is 5.11 Å². The highest BCUT2D eigenvalue weighted by atomic mass is 16.5. The molecule has 0 aromatic carbocycles. The Hall–Kier alpha value is -1.20. The van der Waals surface area contributed by atoms with Gasteiger partial charge >= 0.3 is 0 Å². The molecule has 0 spiro atoms. The maximum absolute atomic E-state index is 10.2. The second-order valence-electron chi connectivity index (χ2n) is 4.04. The summed E-state index contributed by atoms with van der Waals surface area (Å²) in [4.78, 5) is 8.12. The van der Waals surface area contributed by atoms with Crippen molar-refractivity contribution in [2.24, 2.45) is 17.6 Å². The third kappa shape index (κ3) is 2.68. The van der Waals surface area contributed by atoms with Crippen LogP contribution in [0.5, 0.6) is 5.88 Å². The van der Waals surface area contributed by atoms with Crippen LogP contribution in [0.3, 0.4) is 0 Å². The molecule has 5 nitrogen and oxygen atoms in total. The van der Waals surface area contributed by atoms with Crippen molar-refractivity contribution in [1.82, 2.24) is 9.97 Å². The minimum Gasteiger partial charge on any atom is -0.480 e. The smallest absolute Gasteiger partial charge is 0.238 e. The minimum atomic E-state index is -0.742. The van der Waals surface area contributed by atoms with Crippen molar-refractivity contribution in [3.8, 4) is 5.88 Å². The molecular formula is C11H19N3O2. The van der Waals surface area contributed by atoms with Gasteiger partial charge in [-0.25, -0.2) is 4.98 Å². The topological polar surface area (TPSA) is 81.3 Å². The number of hydrogen-bond donors (Lipinski definition) is 2. The summed E-state index contributed by atoms with van der Waals surface area (Å²) in [6.45, 7) is 4.44. The van der Waals surface area contributed by atoms with Crippen LogP contribution in [0, 0.1) is 11.8 Å². The lowest BCUT2D eigenvalue weighted by Gasteiger charge is -2.24. The monoisotopic (exact) mass is 225 g/mol. The lowest BCUT2D eigenvalue weighted by molar-refractivity contribution is 0.0790. The Balaban J connectivity index is 2.98. The van der Waals surface area contributed by atoms with Crippen LogP contribution in [0.2, 0.25) is 0 Å². The summed E-state index contributed by atoms with van der Waals surface area (Å²) in [7, 11) is 1.51. The largest absolute Gasteiger partial charge is 0.480 e. The molecular weight excluding hydrogens is 206 g/mol. The van der Waals surface area contributed by atoms with Crippen molar-refractivity contribution in [2.75, 3.05) is 13.7 Å². The van der Waals surface area contributed by atoms with Crippen LogP contribution in [-0.4, -0.2) is 28.7 Å². The van der Waals surface area contributed by atoms with Gasteiger partial charge in [0.2, 0.25) is 5.88 Å². The third-order valence-corrected chi connectivity index (χ3v) is 2.70. The highest BCUT2D eigenvalue weighted by Crippen LogP contribution is 2.29. The van der Waals surface area contributed by atoms with E-state index in [2.05, 4.69) is 9.97 Å². The van der Waals surface area contributed by atoms with E-state index in [0.29, 0.717) is 18.1 Å². The SMILES string of the molecule is COc1nccnc1C(O)C(CN)C(C)C. The van der Waals surface area contributed by atoms with Crippen molar-refractivity contribution in [3.63, 3.8) is 0 Å². The van der Waals surface area contributed by atoms with Gasteiger partial charge in [-0.15, -0.1) is 0 Å². The Bertz CT molecular complexity index is 331. The molecule has 0 bridgehead atoms. The molecule has 1 aromatic heterocycles. The molecule has 2 atom stereocenters. The fraction of sp³-hybridized carbons (Fsp3) is 0.636. The van der Waals surface area contributed by atoms with Crippen molar-refractivity contribution >= 4 is 0 Å². The quantitative estimate of drug-likeness (QED) is 0.772. The molecule has 3 N–H and O–H groups in total. The maximum Gasteiger partial charge on any atom is 0.238 e. The Kier molecular flexibility index (Phi) is 4.64.